The highest BCUT2D eigenvalue weighted by Crippen LogP contribution is 2.34. The van der Waals surface area contributed by atoms with Gasteiger partial charge in [0.25, 0.3) is 0 Å². The first kappa shape index (κ1) is 31.7. The first-order valence-corrected chi connectivity index (χ1v) is 16.9. The topological polar surface area (TPSA) is 94.3 Å². The molecular weight excluding hydrogens is 582 g/mol. The van der Waals surface area contributed by atoms with Gasteiger partial charge in [-0.1, -0.05) is 51.7 Å². The van der Waals surface area contributed by atoms with Crippen molar-refractivity contribution in [2.75, 3.05) is 6.26 Å². The average Bonchev–Trinajstić information content (AvgIpc) is 3.60. The van der Waals surface area contributed by atoms with Gasteiger partial charge in [0.05, 0.1) is 28.6 Å². The molecule has 0 saturated carbocycles. The summed E-state index contributed by atoms with van der Waals surface area (Å²) in [7, 11) is -1.44. The zero-order valence-corrected chi connectivity index (χ0v) is 27.3. The lowest BCUT2D eigenvalue weighted by Gasteiger charge is -2.23. The second-order valence-electron chi connectivity index (χ2n) is 12.3. The van der Waals surface area contributed by atoms with Crippen LogP contribution in [-0.2, 0) is 6.54 Å². The summed E-state index contributed by atoms with van der Waals surface area (Å²) in [5.41, 5.74) is 9.47. The molecule has 45 heavy (non-hydrogen) atoms. The summed E-state index contributed by atoms with van der Waals surface area (Å²) in [6.45, 7) is 16.9. The van der Waals surface area contributed by atoms with Crippen molar-refractivity contribution in [1.82, 2.24) is 35.2 Å². The van der Waals surface area contributed by atoms with Gasteiger partial charge in [-0.3, -0.25) is 14.8 Å². The molecule has 1 aromatic carbocycles. The molecule has 5 rings (SSSR count). The average molecular weight is 622 g/mol. The van der Waals surface area contributed by atoms with Crippen LogP contribution in [0.4, 0.5) is 4.39 Å². The number of aromatic amines is 2. The predicted molar refractivity (Wildman–Crippen MR) is 193 cm³/mol. The second kappa shape index (κ2) is 12.3. The summed E-state index contributed by atoms with van der Waals surface area (Å²) in [5.74, 6) is 7.80. The standard InChI is InChI=1S/C36H40FN7S/c1-10-24(17-27(11-2)40-22(3)36(4,5)6)30-12-13-31-34(42-30)35(44-43-31)32-18-28-29(20-38-21-33(28)41-32)25-14-23(15-26(37)16-25)19-39-45(7,8)9/h10-18,20-21,39-41H,2-3,7-8,19H2,1,4-6,9H3,(H,43,44)/b24-10+,27-17+. The molecule has 7 nitrogen and oxygen atoms in total. The molecule has 0 bridgehead atoms. The highest BCUT2D eigenvalue weighted by atomic mass is 32.2. The normalized spacial score (nSPS) is 13.0. The van der Waals surface area contributed by atoms with Crippen LogP contribution < -0.4 is 10.0 Å². The summed E-state index contributed by atoms with van der Waals surface area (Å²) in [5, 5.41) is 12.0. The summed E-state index contributed by atoms with van der Waals surface area (Å²) < 4.78 is 18.1. The Labute approximate surface area is 264 Å². The minimum atomic E-state index is -1.44. The quantitative estimate of drug-likeness (QED) is 0.0931. The van der Waals surface area contributed by atoms with Crippen molar-refractivity contribution in [3.8, 4) is 22.5 Å². The van der Waals surface area contributed by atoms with Gasteiger partial charge in [0.1, 0.15) is 17.0 Å². The number of aromatic nitrogens is 5. The first-order chi connectivity index (χ1) is 21.3. The van der Waals surface area contributed by atoms with Gasteiger partial charge in [-0.15, -0.1) is 0 Å². The van der Waals surface area contributed by atoms with Gasteiger partial charge < -0.3 is 10.3 Å². The predicted octanol–water partition coefficient (Wildman–Crippen LogP) is 8.23. The minimum Gasteiger partial charge on any atom is -0.359 e. The van der Waals surface area contributed by atoms with Gasteiger partial charge >= 0.3 is 0 Å². The van der Waals surface area contributed by atoms with Gasteiger partial charge in [-0.2, -0.15) is 14.5 Å². The fourth-order valence-electron chi connectivity index (χ4n) is 4.80. The Kier molecular flexibility index (Phi) is 8.69. The lowest BCUT2D eigenvalue weighted by atomic mass is 9.92. The van der Waals surface area contributed by atoms with Gasteiger partial charge in [-0.05, 0) is 78.4 Å². The van der Waals surface area contributed by atoms with Crippen LogP contribution >= 0.6 is 9.39 Å². The Balaban J connectivity index is 1.53. The molecule has 4 aromatic heterocycles. The lowest BCUT2D eigenvalue weighted by molar-refractivity contribution is 0.478. The van der Waals surface area contributed by atoms with Crippen LogP contribution in [0.2, 0.25) is 0 Å². The third kappa shape index (κ3) is 7.16. The van der Waals surface area contributed by atoms with E-state index in [0.29, 0.717) is 12.2 Å². The van der Waals surface area contributed by atoms with Crippen molar-refractivity contribution in [2.45, 2.75) is 34.2 Å². The Bertz CT molecular complexity index is 2100. The third-order valence-corrected chi connectivity index (χ3v) is 8.28. The molecule has 0 amide bonds. The van der Waals surface area contributed by atoms with E-state index < -0.39 is 9.39 Å². The zero-order valence-electron chi connectivity index (χ0n) is 26.5. The molecular formula is C36H40FN7S. The maximum Gasteiger partial charge on any atom is 0.135 e. The van der Waals surface area contributed by atoms with Gasteiger partial charge in [0.2, 0.25) is 0 Å². The number of pyridine rings is 2. The molecule has 0 aliphatic heterocycles. The number of nitrogens with one attached hydrogen (secondary N) is 4. The fraction of sp³-hybridized carbons (Fsp3) is 0.194. The Morgan fingerprint density at radius 3 is 2.56 bits per heavy atom. The van der Waals surface area contributed by atoms with Crippen molar-refractivity contribution in [3.63, 3.8) is 0 Å². The zero-order chi connectivity index (χ0) is 32.5. The molecule has 0 spiro atoms. The Morgan fingerprint density at radius 1 is 1.09 bits per heavy atom. The number of hydrogen-bond acceptors (Lipinski definition) is 5. The van der Waals surface area contributed by atoms with E-state index in [-0.39, 0.29) is 11.2 Å². The van der Waals surface area contributed by atoms with E-state index >= 15 is 0 Å². The van der Waals surface area contributed by atoms with E-state index in [4.69, 9.17) is 4.98 Å². The van der Waals surface area contributed by atoms with Crippen LogP contribution in [0, 0.1) is 11.2 Å². The van der Waals surface area contributed by atoms with Crippen LogP contribution in [0.25, 0.3) is 50.0 Å². The van der Waals surface area contributed by atoms with Crippen molar-refractivity contribution in [3.05, 3.63) is 109 Å². The van der Waals surface area contributed by atoms with Crippen LogP contribution in [0.5, 0.6) is 0 Å². The Morgan fingerprint density at radius 2 is 1.87 bits per heavy atom. The summed E-state index contributed by atoms with van der Waals surface area (Å²) in [4.78, 5) is 12.9. The molecule has 9 heteroatoms. The monoisotopic (exact) mass is 621 g/mol. The van der Waals surface area contributed by atoms with Crippen LogP contribution in [0.1, 0.15) is 39.0 Å². The van der Waals surface area contributed by atoms with E-state index in [1.807, 2.05) is 49.6 Å². The first-order valence-electron chi connectivity index (χ1n) is 14.5. The molecule has 0 aliphatic rings. The van der Waals surface area contributed by atoms with Gasteiger partial charge in [0, 0.05) is 40.5 Å². The van der Waals surface area contributed by atoms with Crippen molar-refractivity contribution >= 4 is 48.6 Å². The van der Waals surface area contributed by atoms with Crippen LogP contribution in [0.15, 0.2) is 91.6 Å². The van der Waals surface area contributed by atoms with E-state index in [1.54, 1.807) is 18.5 Å². The maximum absolute atomic E-state index is 14.8. The largest absolute Gasteiger partial charge is 0.359 e. The smallest absolute Gasteiger partial charge is 0.135 e. The molecule has 4 N–H and O–H groups in total. The van der Waals surface area contributed by atoms with E-state index in [0.717, 1.165) is 67.0 Å². The number of H-pyrrole nitrogens is 2. The molecule has 0 aliphatic carbocycles. The van der Waals surface area contributed by atoms with Crippen molar-refractivity contribution in [2.24, 2.45) is 5.41 Å². The highest BCUT2D eigenvalue weighted by molar-refractivity contribution is 8.25. The van der Waals surface area contributed by atoms with Crippen molar-refractivity contribution in [1.29, 1.82) is 0 Å². The number of halogens is 1. The molecule has 232 valence electrons. The van der Waals surface area contributed by atoms with E-state index in [9.17, 15) is 4.39 Å². The van der Waals surface area contributed by atoms with Gasteiger partial charge in [-0.25, -0.2) is 9.37 Å². The number of benzene rings is 1. The molecule has 0 unspecified atom stereocenters. The molecule has 5 aromatic rings. The number of rotatable bonds is 10. The lowest BCUT2D eigenvalue weighted by Crippen LogP contribution is -2.22. The third-order valence-electron chi connectivity index (χ3n) is 7.44. The SMILES string of the molecule is C=C/C(=C\C(=C/C)c1ccc2[nH]nc(-c3cc4c(-c5cc(F)cc(CNS(=C)(=C)C)c5)cncc4[nH]3)c2n1)NC(=C)C(C)(C)C. The molecule has 0 radical (unpaired) electrons. The minimum absolute atomic E-state index is 0.104. The number of nitrogens with zero attached hydrogens (tertiary/aromatic N) is 3. The maximum atomic E-state index is 14.8. The summed E-state index contributed by atoms with van der Waals surface area (Å²) >= 11 is 0. The summed E-state index contributed by atoms with van der Waals surface area (Å²) in [6.07, 6.45) is 11.3. The number of hydrogen-bond donors (Lipinski definition) is 4. The molecule has 0 fully saturated rings. The second-order valence-corrected chi connectivity index (χ2v) is 15.2. The highest BCUT2D eigenvalue weighted by Gasteiger charge is 2.18. The van der Waals surface area contributed by atoms with Crippen molar-refractivity contribution < 1.29 is 4.39 Å². The van der Waals surface area contributed by atoms with Gasteiger partial charge in [0.15, 0.2) is 0 Å². The molecule has 0 atom stereocenters. The van der Waals surface area contributed by atoms with E-state index in [1.165, 1.54) is 12.1 Å². The summed E-state index contributed by atoms with van der Waals surface area (Å²) in [6, 6.07) is 11.0. The van der Waals surface area contributed by atoms with E-state index in [2.05, 4.69) is 75.9 Å². The fourth-order valence-corrected chi connectivity index (χ4v) is 5.32. The Hall–Kier alpha value is -4.73. The molecule has 0 saturated heterocycles. The van der Waals surface area contributed by atoms with Crippen LogP contribution in [-0.4, -0.2) is 43.1 Å². The number of allylic oxidation sites excluding steroid dienone is 5. The van der Waals surface area contributed by atoms with Crippen LogP contribution in [0.3, 0.4) is 0 Å². The molecule has 4 heterocycles. The number of fused-ring (bicyclic) bond motifs is 2.